The molecule has 0 bridgehead atoms. The molecule has 0 amide bonds. The Bertz CT molecular complexity index is 753. The van der Waals surface area contributed by atoms with E-state index >= 15 is 0 Å². The summed E-state index contributed by atoms with van der Waals surface area (Å²) in [6, 6.07) is 0. The third-order valence-corrected chi connectivity index (χ3v) is 7.76. The summed E-state index contributed by atoms with van der Waals surface area (Å²) in [6.45, 7) is 4.28. The third kappa shape index (κ3) is 28.9. The lowest BCUT2D eigenvalue weighted by atomic mass is 10.1. The molecular formula is C32H63NO8P+. The number of esters is 2. The average molecular weight is 621 g/mol. The van der Waals surface area contributed by atoms with Gasteiger partial charge in [-0.2, -0.15) is 0 Å². The highest BCUT2D eigenvalue weighted by Gasteiger charge is 2.27. The van der Waals surface area contributed by atoms with E-state index in [1.165, 1.54) is 38.5 Å². The number of phosphoric acid groups is 1. The second kappa shape index (κ2) is 26.2. The van der Waals surface area contributed by atoms with Gasteiger partial charge >= 0.3 is 19.8 Å². The quantitative estimate of drug-likeness (QED) is 0.0296. The predicted octanol–water partition coefficient (Wildman–Crippen LogP) is 7.90. The molecule has 0 radical (unpaired) electrons. The van der Waals surface area contributed by atoms with Crippen LogP contribution in [-0.2, 0) is 32.7 Å². The van der Waals surface area contributed by atoms with Gasteiger partial charge in [0.25, 0.3) is 0 Å². The average Bonchev–Trinajstić information content (AvgIpc) is 2.92. The fraction of sp³-hybridized carbons (Fsp3) is 0.875. The Hall–Kier alpha value is -1.25. The van der Waals surface area contributed by atoms with Crippen molar-refractivity contribution < 1.29 is 42.1 Å². The van der Waals surface area contributed by atoms with Gasteiger partial charge in [-0.1, -0.05) is 96.6 Å². The molecule has 10 heteroatoms. The zero-order valence-corrected chi connectivity index (χ0v) is 28.4. The minimum Gasteiger partial charge on any atom is -0.462 e. The SMILES string of the molecule is CCC/C=C\CCCCCCCC(=O)OC(COC(=O)CCCCCCCCCC)COP(=O)(O)OCC[N+](C)(C)C. The Morgan fingerprint density at radius 3 is 1.86 bits per heavy atom. The van der Waals surface area contributed by atoms with E-state index in [4.69, 9.17) is 18.5 Å². The van der Waals surface area contributed by atoms with Crippen LogP contribution in [-0.4, -0.2) is 74.9 Å². The second-order valence-electron chi connectivity index (χ2n) is 12.2. The second-order valence-corrected chi connectivity index (χ2v) is 13.7. The van der Waals surface area contributed by atoms with Gasteiger partial charge in [0.2, 0.25) is 0 Å². The van der Waals surface area contributed by atoms with Gasteiger partial charge in [0.15, 0.2) is 6.10 Å². The van der Waals surface area contributed by atoms with Crippen molar-refractivity contribution in [1.82, 2.24) is 0 Å². The standard InChI is InChI=1S/C32H62NO8P/c1-6-8-10-12-14-16-17-19-21-23-25-32(35)41-30(29-40-42(36,37)39-27-26-33(3,4)5)28-38-31(34)24-22-20-18-15-13-11-9-7-2/h10,12,30H,6-9,11,13-29H2,1-5H3/p+1/b12-10-. The summed E-state index contributed by atoms with van der Waals surface area (Å²) in [5.41, 5.74) is 0. The number of carbonyl (C=O) groups is 2. The molecule has 1 N–H and O–H groups in total. The minimum absolute atomic E-state index is 0.0321. The van der Waals surface area contributed by atoms with E-state index in [1.807, 2.05) is 21.1 Å². The number of carbonyl (C=O) groups excluding carboxylic acids is 2. The van der Waals surface area contributed by atoms with Crippen LogP contribution in [0.2, 0.25) is 0 Å². The first-order valence-corrected chi connectivity index (χ1v) is 17.9. The van der Waals surface area contributed by atoms with Crippen LogP contribution in [0.25, 0.3) is 0 Å². The zero-order chi connectivity index (χ0) is 31.5. The van der Waals surface area contributed by atoms with Crippen LogP contribution in [0, 0.1) is 0 Å². The molecule has 2 atom stereocenters. The van der Waals surface area contributed by atoms with Crippen LogP contribution < -0.4 is 0 Å². The van der Waals surface area contributed by atoms with Crippen molar-refractivity contribution in [2.45, 2.75) is 136 Å². The maximum atomic E-state index is 12.5. The van der Waals surface area contributed by atoms with Crippen molar-refractivity contribution in [3.63, 3.8) is 0 Å². The van der Waals surface area contributed by atoms with Gasteiger partial charge in [-0.05, 0) is 32.1 Å². The van der Waals surface area contributed by atoms with Crippen LogP contribution in [0.5, 0.6) is 0 Å². The molecule has 0 aromatic carbocycles. The summed E-state index contributed by atoms with van der Waals surface area (Å²) < 4.78 is 33.9. The molecule has 0 saturated heterocycles. The van der Waals surface area contributed by atoms with Crippen molar-refractivity contribution in [2.24, 2.45) is 0 Å². The lowest BCUT2D eigenvalue weighted by molar-refractivity contribution is -0.870. The summed E-state index contributed by atoms with van der Waals surface area (Å²) in [5, 5.41) is 0. The minimum atomic E-state index is -4.35. The highest BCUT2D eigenvalue weighted by molar-refractivity contribution is 7.47. The lowest BCUT2D eigenvalue weighted by Crippen LogP contribution is -2.37. The molecule has 9 nitrogen and oxygen atoms in total. The molecule has 42 heavy (non-hydrogen) atoms. The summed E-state index contributed by atoms with van der Waals surface area (Å²) in [5.74, 6) is -0.818. The van der Waals surface area contributed by atoms with Crippen LogP contribution in [0.1, 0.15) is 129 Å². The van der Waals surface area contributed by atoms with Gasteiger partial charge < -0.3 is 18.9 Å². The molecule has 0 aliphatic heterocycles. The molecule has 0 aliphatic carbocycles. The number of hydrogen-bond acceptors (Lipinski definition) is 7. The molecule has 0 rings (SSSR count). The van der Waals surface area contributed by atoms with E-state index in [9.17, 15) is 19.0 Å². The highest BCUT2D eigenvalue weighted by Crippen LogP contribution is 2.43. The molecule has 2 unspecified atom stereocenters. The molecule has 0 spiro atoms. The van der Waals surface area contributed by atoms with Crippen LogP contribution in [0.3, 0.4) is 0 Å². The molecule has 0 aromatic rings. The first-order valence-electron chi connectivity index (χ1n) is 16.4. The molecular weight excluding hydrogens is 557 g/mol. The Balaban J connectivity index is 4.54. The first-order chi connectivity index (χ1) is 20.0. The number of nitrogens with zero attached hydrogens (tertiary/aromatic N) is 1. The largest absolute Gasteiger partial charge is 0.472 e. The van der Waals surface area contributed by atoms with E-state index in [0.717, 1.165) is 57.8 Å². The molecule has 0 fully saturated rings. The fourth-order valence-electron chi connectivity index (χ4n) is 4.13. The maximum Gasteiger partial charge on any atom is 0.472 e. The van der Waals surface area contributed by atoms with Crippen LogP contribution >= 0.6 is 7.82 Å². The van der Waals surface area contributed by atoms with Gasteiger partial charge in [0.05, 0.1) is 27.7 Å². The van der Waals surface area contributed by atoms with E-state index in [0.29, 0.717) is 17.4 Å². The summed E-state index contributed by atoms with van der Waals surface area (Å²) >= 11 is 0. The van der Waals surface area contributed by atoms with E-state index in [2.05, 4.69) is 26.0 Å². The Labute approximate surface area is 256 Å². The molecule has 248 valence electrons. The highest BCUT2D eigenvalue weighted by atomic mass is 31.2. The topological polar surface area (TPSA) is 108 Å². The lowest BCUT2D eigenvalue weighted by Gasteiger charge is -2.24. The van der Waals surface area contributed by atoms with Gasteiger partial charge in [-0.15, -0.1) is 0 Å². The van der Waals surface area contributed by atoms with Gasteiger partial charge in [0.1, 0.15) is 19.8 Å². The van der Waals surface area contributed by atoms with Crippen LogP contribution in [0.15, 0.2) is 12.2 Å². The third-order valence-electron chi connectivity index (χ3n) is 6.78. The number of allylic oxidation sites excluding steroid dienone is 2. The number of rotatable bonds is 29. The number of unbranched alkanes of at least 4 members (excludes halogenated alkanes) is 13. The number of quaternary nitrogens is 1. The number of phosphoric ester groups is 1. The van der Waals surface area contributed by atoms with Crippen molar-refractivity contribution in [1.29, 1.82) is 0 Å². The normalized spacial score (nSPS) is 14.1. The molecule has 0 heterocycles. The van der Waals surface area contributed by atoms with Gasteiger partial charge in [-0.25, -0.2) is 4.57 Å². The first kappa shape index (κ1) is 40.8. The van der Waals surface area contributed by atoms with Gasteiger partial charge in [0, 0.05) is 12.8 Å². The Kier molecular flexibility index (Phi) is 25.4. The zero-order valence-electron chi connectivity index (χ0n) is 27.5. The van der Waals surface area contributed by atoms with Crippen molar-refractivity contribution in [3.8, 4) is 0 Å². The van der Waals surface area contributed by atoms with E-state index in [-0.39, 0.29) is 32.0 Å². The van der Waals surface area contributed by atoms with E-state index in [1.54, 1.807) is 0 Å². The predicted molar refractivity (Wildman–Crippen MR) is 169 cm³/mol. The fourth-order valence-corrected chi connectivity index (χ4v) is 4.87. The Morgan fingerprint density at radius 2 is 1.26 bits per heavy atom. The van der Waals surface area contributed by atoms with Crippen molar-refractivity contribution in [3.05, 3.63) is 12.2 Å². The number of ether oxygens (including phenoxy) is 2. The maximum absolute atomic E-state index is 12.5. The monoisotopic (exact) mass is 620 g/mol. The molecule has 0 saturated carbocycles. The summed E-state index contributed by atoms with van der Waals surface area (Å²) in [6.07, 6.45) is 21.3. The van der Waals surface area contributed by atoms with Gasteiger partial charge in [-0.3, -0.25) is 18.6 Å². The van der Waals surface area contributed by atoms with E-state index < -0.39 is 26.5 Å². The summed E-state index contributed by atoms with van der Waals surface area (Å²) in [7, 11) is 1.47. The smallest absolute Gasteiger partial charge is 0.462 e. The van der Waals surface area contributed by atoms with Crippen LogP contribution in [0.4, 0.5) is 0 Å². The Morgan fingerprint density at radius 1 is 0.714 bits per heavy atom. The molecule has 0 aromatic heterocycles. The van der Waals surface area contributed by atoms with Crippen molar-refractivity contribution >= 4 is 19.8 Å². The number of likely N-dealkylation sites (N-methyl/N-ethyl adjacent to an activating group) is 1. The van der Waals surface area contributed by atoms with Crippen molar-refractivity contribution in [2.75, 3.05) is 47.5 Å². The number of hydrogen-bond donors (Lipinski definition) is 1. The summed E-state index contributed by atoms with van der Waals surface area (Å²) in [4.78, 5) is 34.8. The molecule has 0 aliphatic rings.